The number of rotatable bonds is 4. The van der Waals surface area contributed by atoms with Crippen molar-refractivity contribution in [1.82, 2.24) is 4.90 Å². The van der Waals surface area contributed by atoms with Crippen LogP contribution in [-0.2, 0) is 11.3 Å². The SMILES string of the molecule is COc1cccc(F)c1CN1CC(CS)CC1=O. The number of amides is 1. The molecule has 1 fully saturated rings. The van der Waals surface area contributed by atoms with Crippen molar-refractivity contribution in [2.45, 2.75) is 13.0 Å². The Bertz CT molecular complexity index is 453. The highest BCUT2D eigenvalue weighted by atomic mass is 32.1. The summed E-state index contributed by atoms with van der Waals surface area (Å²) >= 11 is 4.20. The van der Waals surface area contributed by atoms with Crippen LogP contribution in [0.25, 0.3) is 0 Å². The minimum atomic E-state index is -0.337. The van der Waals surface area contributed by atoms with Crippen LogP contribution in [-0.4, -0.2) is 30.2 Å². The van der Waals surface area contributed by atoms with Crippen LogP contribution in [0.5, 0.6) is 5.75 Å². The van der Waals surface area contributed by atoms with Crippen molar-refractivity contribution in [1.29, 1.82) is 0 Å². The summed E-state index contributed by atoms with van der Waals surface area (Å²) in [5.41, 5.74) is 0.438. The Morgan fingerprint density at radius 1 is 1.56 bits per heavy atom. The van der Waals surface area contributed by atoms with Gasteiger partial charge in [-0.15, -0.1) is 0 Å². The van der Waals surface area contributed by atoms with E-state index in [-0.39, 0.29) is 24.2 Å². The van der Waals surface area contributed by atoms with Crippen LogP contribution in [0.4, 0.5) is 4.39 Å². The summed E-state index contributed by atoms with van der Waals surface area (Å²) in [7, 11) is 1.50. The number of halogens is 1. The Labute approximate surface area is 111 Å². The van der Waals surface area contributed by atoms with Crippen molar-refractivity contribution in [3.63, 3.8) is 0 Å². The molecule has 1 atom stereocenters. The minimum absolute atomic E-state index is 0.0550. The molecule has 3 nitrogen and oxygen atoms in total. The van der Waals surface area contributed by atoms with Crippen molar-refractivity contribution in [3.8, 4) is 5.75 Å². The van der Waals surface area contributed by atoms with E-state index in [2.05, 4.69) is 12.6 Å². The van der Waals surface area contributed by atoms with Gasteiger partial charge in [0.25, 0.3) is 0 Å². The van der Waals surface area contributed by atoms with E-state index in [0.717, 1.165) is 0 Å². The number of carbonyl (C=O) groups excluding carboxylic acids is 1. The standard InChI is InChI=1S/C13H16FNO2S/c1-17-12-4-2-3-11(14)10(12)7-15-6-9(8-18)5-13(15)16/h2-4,9,18H,5-8H2,1H3. The summed E-state index contributed by atoms with van der Waals surface area (Å²) in [6.07, 6.45) is 0.500. The van der Waals surface area contributed by atoms with E-state index in [9.17, 15) is 9.18 Å². The third-order valence-electron chi connectivity index (χ3n) is 3.20. The lowest BCUT2D eigenvalue weighted by Gasteiger charge is -2.18. The average Bonchev–Trinajstić information content (AvgIpc) is 2.73. The van der Waals surface area contributed by atoms with Crippen LogP contribution in [0, 0.1) is 11.7 Å². The Morgan fingerprint density at radius 3 is 2.94 bits per heavy atom. The second-order valence-electron chi connectivity index (χ2n) is 4.45. The smallest absolute Gasteiger partial charge is 0.223 e. The monoisotopic (exact) mass is 269 g/mol. The van der Waals surface area contributed by atoms with E-state index in [1.54, 1.807) is 17.0 Å². The maximum absolute atomic E-state index is 13.8. The van der Waals surface area contributed by atoms with Crippen LogP contribution >= 0.6 is 12.6 Å². The van der Waals surface area contributed by atoms with E-state index in [4.69, 9.17) is 4.74 Å². The third kappa shape index (κ3) is 2.61. The van der Waals surface area contributed by atoms with Gasteiger partial charge in [-0.3, -0.25) is 4.79 Å². The largest absolute Gasteiger partial charge is 0.496 e. The number of thiol groups is 1. The minimum Gasteiger partial charge on any atom is -0.496 e. The van der Waals surface area contributed by atoms with Gasteiger partial charge in [-0.25, -0.2) is 4.39 Å². The van der Waals surface area contributed by atoms with E-state index in [1.807, 2.05) is 0 Å². The molecule has 0 aromatic heterocycles. The van der Waals surface area contributed by atoms with Crippen LogP contribution in [0.2, 0.25) is 0 Å². The quantitative estimate of drug-likeness (QED) is 0.848. The van der Waals surface area contributed by atoms with E-state index < -0.39 is 0 Å². The average molecular weight is 269 g/mol. The fourth-order valence-corrected chi connectivity index (χ4v) is 2.45. The lowest BCUT2D eigenvalue weighted by Crippen LogP contribution is -2.25. The molecule has 5 heteroatoms. The molecule has 1 heterocycles. The number of hydrogen-bond donors (Lipinski definition) is 1. The topological polar surface area (TPSA) is 29.5 Å². The molecule has 0 radical (unpaired) electrons. The molecule has 0 saturated carbocycles. The number of hydrogen-bond acceptors (Lipinski definition) is 3. The summed E-state index contributed by atoms with van der Waals surface area (Å²) < 4.78 is 18.9. The normalized spacial score (nSPS) is 19.4. The van der Waals surface area contributed by atoms with Gasteiger partial charge in [0.2, 0.25) is 5.91 Å². The van der Waals surface area contributed by atoms with Crippen LogP contribution in [0.1, 0.15) is 12.0 Å². The highest BCUT2D eigenvalue weighted by Gasteiger charge is 2.29. The fraction of sp³-hybridized carbons (Fsp3) is 0.462. The number of carbonyl (C=O) groups is 1. The molecule has 1 aliphatic heterocycles. The predicted octanol–water partition coefficient (Wildman–Crippen LogP) is 2.11. The Kier molecular flexibility index (Phi) is 4.11. The fourth-order valence-electron chi connectivity index (χ4n) is 2.20. The molecular formula is C13H16FNO2S. The number of likely N-dealkylation sites (tertiary alicyclic amines) is 1. The molecular weight excluding hydrogens is 253 g/mol. The zero-order valence-electron chi connectivity index (χ0n) is 10.2. The van der Waals surface area contributed by atoms with E-state index in [0.29, 0.717) is 30.0 Å². The first-order chi connectivity index (χ1) is 8.65. The number of ether oxygens (including phenoxy) is 1. The lowest BCUT2D eigenvalue weighted by molar-refractivity contribution is -0.128. The summed E-state index contributed by atoms with van der Waals surface area (Å²) in [4.78, 5) is 13.5. The van der Waals surface area contributed by atoms with Gasteiger partial charge in [-0.05, 0) is 23.8 Å². The molecule has 0 aliphatic carbocycles. The Hall–Kier alpha value is -1.23. The second-order valence-corrected chi connectivity index (χ2v) is 4.81. The van der Waals surface area contributed by atoms with Crippen molar-refractivity contribution in [2.24, 2.45) is 5.92 Å². The highest BCUT2D eigenvalue weighted by molar-refractivity contribution is 7.80. The maximum Gasteiger partial charge on any atom is 0.223 e. The maximum atomic E-state index is 13.8. The summed E-state index contributed by atoms with van der Waals surface area (Å²) in [6.45, 7) is 0.902. The molecule has 0 N–H and O–H groups in total. The van der Waals surface area contributed by atoms with Crippen molar-refractivity contribution >= 4 is 18.5 Å². The molecule has 1 aromatic rings. The summed E-state index contributed by atoms with van der Waals surface area (Å²) in [5, 5.41) is 0. The molecule has 0 spiro atoms. The van der Waals surface area contributed by atoms with Crippen molar-refractivity contribution in [2.75, 3.05) is 19.4 Å². The van der Waals surface area contributed by atoms with Gasteiger partial charge in [-0.2, -0.15) is 12.6 Å². The molecule has 1 saturated heterocycles. The van der Waals surface area contributed by atoms with Crippen LogP contribution in [0.3, 0.4) is 0 Å². The molecule has 1 unspecified atom stereocenters. The van der Waals surface area contributed by atoms with Gasteiger partial charge in [0.1, 0.15) is 11.6 Å². The molecule has 1 amide bonds. The molecule has 1 aliphatic rings. The van der Waals surface area contributed by atoms with Crippen molar-refractivity contribution < 1.29 is 13.9 Å². The first-order valence-corrected chi connectivity index (χ1v) is 6.49. The van der Waals surface area contributed by atoms with Gasteiger partial charge in [0, 0.05) is 18.5 Å². The molecule has 0 bridgehead atoms. The zero-order chi connectivity index (χ0) is 13.1. The molecule has 18 heavy (non-hydrogen) atoms. The van der Waals surface area contributed by atoms with E-state index in [1.165, 1.54) is 13.2 Å². The number of nitrogens with zero attached hydrogens (tertiary/aromatic N) is 1. The predicted molar refractivity (Wildman–Crippen MR) is 70.3 cm³/mol. The first kappa shape index (κ1) is 13.2. The number of benzene rings is 1. The van der Waals surface area contributed by atoms with Crippen molar-refractivity contribution in [3.05, 3.63) is 29.6 Å². The summed E-state index contributed by atoms with van der Waals surface area (Å²) in [5.74, 6) is 1.14. The lowest BCUT2D eigenvalue weighted by atomic mass is 10.1. The van der Waals surface area contributed by atoms with E-state index >= 15 is 0 Å². The zero-order valence-corrected chi connectivity index (χ0v) is 11.1. The van der Waals surface area contributed by atoms with Gasteiger partial charge in [0.05, 0.1) is 13.7 Å². The molecule has 2 rings (SSSR count). The number of methoxy groups -OCH3 is 1. The van der Waals surface area contributed by atoms with Gasteiger partial charge < -0.3 is 9.64 Å². The summed E-state index contributed by atoms with van der Waals surface area (Å²) in [6, 6.07) is 4.68. The van der Waals surface area contributed by atoms with Crippen LogP contribution < -0.4 is 4.74 Å². The first-order valence-electron chi connectivity index (χ1n) is 5.85. The van der Waals surface area contributed by atoms with Gasteiger partial charge >= 0.3 is 0 Å². The molecule has 1 aromatic carbocycles. The van der Waals surface area contributed by atoms with Crippen LogP contribution in [0.15, 0.2) is 18.2 Å². The Balaban J connectivity index is 2.17. The second kappa shape index (κ2) is 5.61. The third-order valence-corrected chi connectivity index (χ3v) is 3.71. The molecule has 98 valence electrons. The van der Waals surface area contributed by atoms with Gasteiger partial charge in [0.15, 0.2) is 0 Å². The highest BCUT2D eigenvalue weighted by Crippen LogP contribution is 2.26. The van der Waals surface area contributed by atoms with Gasteiger partial charge in [-0.1, -0.05) is 6.07 Å². The Morgan fingerprint density at radius 2 is 2.33 bits per heavy atom.